The Morgan fingerprint density at radius 2 is 1.88 bits per heavy atom. The molecule has 1 N–H and O–H groups in total. The Morgan fingerprint density at radius 1 is 1.03 bits per heavy atom. The van der Waals surface area contributed by atoms with Gasteiger partial charge in [0.1, 0.15) is 11.5 Å². The molecule has 0 radical (unpaired) electrons. The smallest absolute Gasteiger partial charge is 0.234 e. The van der Waals surface area contributed by atoms with Crippen LogP contribution in [0.5, 0.6) is 11.5 Å². The first kappa shape index (κ1) is 23.3. The van der Waals surface area contributed by atoms with Gasteiger partial charge in [-0.1, -0.05) is 35.9 Å². The summed E-state index contributed by atoms with van der Waals surface area (Å²) in [5.74, 6) is 1.37. The number of rotatable bonds is 10. The van der Waals surface area contributed by atoms with Crippen LogP contribution in [0.3, 0.4) is 0 Å². The van der Waals surface area contributed by atoms with Gasteiger partial charge in [-0.25, -0.2) is 0 Å². The molecule has 0 unspecified atom stereocenters. The normalized spacial score (nSPS) is 11.8. The number of ether oxygens (including phenoxy) is 2. The minimum Gasteiger partial charge on any atom is -0.497 e. The van der Waals surface area contributed by atoms with E-state index in [2.05, 4.69) is 40.3 Å². The highest BCUT2D eigenvalue weighted by atomic mass is 16.5. The number of benzene rings is 2. The van der Waals surface area contributed by atoms with Crippen molar-refractivity contribution in [3.63, 3.8) is 0 Å². The standard InChI is InChI=1S/C26H31N3O3/c1-19-8-7-9-21(14-19)16-29(17-22-10-5-6-13-27-22)18-26(30)28-20(2)24-15-23(31-3)11-12-25(24)32-4/h5-15,20H,16-18H2,1-4H3,(H,28,30)/t20-/m1/s1. The molecule has 3 aromatic rings. The van der Waals surface area contributed by atoms with Crippen molar-refractivity contribution in [2.24, 2.45) is 0 Å². The van der Waals surface area contributed by atoms with E-state index in [0.29, 0.717) is 18.8 Å². The lowest BCUT2D eigenvalue weighted by molar-refractivity contribution is -0.123. The molecule has 1 atom stereocenters. The first-order valence-corrected chi connectivity index (χ1v) is 10.7. The zero-order valence-electron chi connectivity index (χ0n) is 19.2. The fourth-order valence-electron chi connectivity index (χ4n) is 3.70. The van der Waals surface area contributed by atoms with Crippen molar-refractivity contribution < 1.29 is 14.3 Å². The topological polar surface area (TPSA) is 63.7 Å². The lowest BCUT2D eigenvalue weighted by Gasteiger charge is -2.24. The van der Waals surface area contributed by atoms with Gasteiger partial charge in [0.2, 0.25) is 5.91 Å². The summed E-state index contributed by atoms with van der Waals surface area (Å²) in [6.45, 7) is 5.50. The number of aryl methyl sites for hydroxylation is 1. The maximum atomic E-state index is 13.0. The van der Waals surface area contributed by atoms with Crippen molar-refractivity contribution in [1.82, 2.24) is 15.2 Å². The lowest BCUT2D eigenvalue weighted by atomic mass is 10.1. The third-order valence-corrected chi connectivity index (χ3v) is 5.25. The van der Waals surface area contributed by atoms with Gasteiger partial charge in [0.05, 0.1) is 32.5 Å². The maximum Gasteiger partial charge on any atom is 0.234 e. The van der Waals surface area contributed by atoms with Gasteiger partial charge in [-0.3, -0.25) is 14.7 Å². The molecule has 168 valence electrons. The van der Waals surface area contributed by atoms with E-state index < -0.39 is 0 Å². The molecular weight excluding hydrogens is 402 g/mol. The first-order chi connectivity index (χ1) is 15.5. The summed E-state index contributed by atoms with van der Waals surface area (Å²) in [5.41, 5.74) is 4.16. The van der Waals surface area contributed by atoms with Crippen LogP contribution in [0.4, 0.5) is 0 Å². The highest BCUT2D eigenvalue weighted by molar-refractivity contribution is 5.78. The van der Waals surface area contributed by atoms with Crippen molar-refractivity contribution in [2.75, 3.05) is 20.8 Å². The van der Waals surface area contributed by atoms with E-state index in [9.17, 15) is 4.79 Å². The molecule has 1 aromatic heterocycles. The Morgan fingerprint density at radius 3 is 2.56 bits per heavy atom. The number of aromatic nitrogens is 1. The first-order valence-electron chi connectivity index (χ1n) is 10.7. The van der Waals surface area contributed by atoms with Crippen LogP contribution in [0, 0.1) is 6.92 Å². The number of nitrogens with zero attached hydrogens (tertiary/aromatic N) is 2. The monoisotopic (exact) mass is 433 g/mol. The highest BCUT2D eigenvalue weighted by Gasteiger charge is 2.18. The predicted molar refractivity (Wildman–Crippen MR) is 126 cm³/mol. The van der Waals surface area contributed by atoms with Crippen LogP contribution in [-0.2, 0) is 17.9 Å². The Kier molecular flexibility index (Phi) is 8.22. The van der Waals surface area contributed by atoms with E-state index in [1.54, 1.807) is 20.4 Å². The third-order valence-electron chi connectivity index (χ3n) is 5.25. The average molecular weight is 434 g/mol. The summed E-state index contributed by atoms with van der Waals surface area (Å²) < 4.78 is 10.8. The van der Waals surface area contributed by atoms with Gasteiger partial charge in [-0.2, -0.15) is 0 Å². The summed E-state index contributed by atoms with van der Waals surface area (Å²) in [6.07, 6.45) is 1.78. The maximum absolute atomic E-state index is 13.0. The molecule has 0 aliphatic heterocycles. The van der Waals surface area contributed by atoms with E-state index in [1.165, 1.54) is 5.56 Å². The van der Waals surface area contributed by atoms with E-state index in [-0.39, 0.29) is 18.5 Å². The van der Waals surface area contributed by atoms with Crippen molar-refractivity contribution >= 4 is 5.91 Å². The fraction of sp³-hybridized carbons (Fsp3) is 0.308. The Hall–Kier alpha value is -3.38. The predicted octanol–water partition coefficient (Wildman–Crippen LogP) is 4.29. The van der Waals surface area contributed by atoms with Gasteiger partial charge in [-0.05, 0) is 49.7 Å². The largest absolute Gasteiger partial charge is 0.497 e. The van der Waals surface area contributed by atoms with Crippen LogP contribution >= 0.6 is 0 Å². The van der Waals surface area contributed by atoms with Gasteiger partial charge >= 0.3 is 0 Å². The van der Waals surface area contributed by atoms with Gasteiger partial charge in [0.25, 0.3) is 0 Å². The summed E-state index contributed by atoms with van der Waals surface area (Å²) >= 11 is 0. The number of pyridine rings is 1. The van der Waals surface area contributed by atoms with Gasteiger partial charge in [0.15, 0.2) is 0 Å². The molecule has 0 spiro atoms. The molecule has 0 aliphatic rings. The van der Waals surface area contributed by atoms with Crippen LogP contribution < -0.4 is 14.8 Å². The number of hydrogen-bond acceptors (Lipinski definition) is 5. The number of hydrogen-bond donors (Lipinski definition) is 1. The second kappa shape index (κ2) is 11.3. The van der Waals surface area contributed by atoms with E-state index in [1.807, 2.05) is 49.4 Å². The molecule has 32 heavy (non-hydrogen) atoms. The lowest BCUT2D eigenvalue weighted by Crippen LogP contribution is -2.38. The van der Waals surface area contributed by atoms with Crippen molar-refractivity contribution in [1.29, 1.82) is 0 Å². The molecule has 2 aromatic carbocycles. The van der Waals surface area contributed by atoms with E-state index in [0.717, 1.165) is 22.6 Å². The summed E-state index contributed by atoms with van der Waals surface area (Å²) in [6, 6.07) is 19.5. The number of nitrogens with one attached hydrogen (secondary N) is 1. The zero-order chi connectivity index (χ0) is 22.9. The molecule has 3 rings (SSSR count). The number of amides is 1. The molecule has 6 nitrogen and oxygen atoms in total. The second-order valence-electron chi connectivity index (χ2n) is 7.85. The van der Waals surface area contributed by atoms with Gasteiger partial charge < -0.3 is 14.8 Å². The summed E-state index contributed by atoms with van der Waals surface area (Å²) in [7, 11) is 3.24. The minimum absolute atomic E-state index is 0.0639. The molecule has 0 saturated heterocycles. The molecule has 1 heterocycles. The second-order valence-corrected chi connectivity index (χ2v) is 7.85. The number of carbonyl (C=O) groups is 1. The SMILES string of the molecule is COc1ccc(OC)c([C@@H](C)NC(=O)CN(Cc2cccc(C)c2)Cc2ccccn2)c1. The van der Waals surface area contributed by atoms with Crippen LogP contribution in [0.2, 0.25) is 0 Å². The van der Waals surface area contributed by atoms with Crippen molar-refractivity contribution in [3.8, 4) is 11.5 Å². The van der Waals surface area contributed by atoms with Crippen LogP contribution in [0.1, 0.15) is 35.3 Å². The van der Waals surface area contributed by atoms with Crippen LogP contribution in [-0.4, -0.2) is 36.6 Å². The minimum atomic E-state index is -0.233. The summed E-state index contributed by atoms with van der Waals surface area (Å²) in [5, 5.41) is 3.10. The van der Waals surface area contributed by atoms with Crippen molar-refractivity contribution in [3.05, 3.63) is 89.2 Å². The Labute approximate surface area is 190 Å². The number of carbonyl (C=O) groups excluding carboxylic acids is 1. The molecule has 0 saturated carbocycles. The Balaban J connectivity index is 1.72. The fourth-order valence-corrected chi connectivity index (χ4v) is 3.70. The Bertz CT molecular complexity index is 1020. The molecule has 0 aliphatic carbocycles. The van der Waals surface area contributed by atoms with Gasteiger partial charge in [-0.15, -0.1) is 0 Å². The summed E-state index contributed by atoms with van der Waals surface area (Å²) in [4.78, 5) is 19.5. The molecule has 6 heteroatoms. The average Bonchev–Trinajstić information content (AvgIpc) is 2.79. The van der Waals surface area contributed by atoms with Crippen LogP contribution in [0.25, 0.3) is 0 Å². The van der Waals surface area contributed by atoms with Crippen LogP contribution in [0.15, 0.2) is 66.9 Å². The van der Waals surface area contributed by atoms with E-state index >= 15 is 0 Å². The molecule has 0 bridgehead atoms. The zero-order valence-corrected chi connectivity index (χ0v) is 19.2. The van der Waals surface area contributed by atoms with E-state index in [4.69, 9.17) is 9.47 Å². The quantitative estimate of drug-likeness (QED) is 0.517. The molecular formula is C26H31N3O3. The third kappa shape index (κ3) is 6.56. The highest BCUT2D eigenvalue weighted by Crippen LogP contribution is 2.29. The van der Waals surface area contributed by atoms with Crippen molar-refractivity contribution in [2.45, 2.75) is 33.0 Å². The van der Waals surface area contributed by atoms with Gasteiger partial charge in [0, 0.05) is 24.8 Å². The number of methoxy groups -OCH3 is 2. The molecule has 1 amide bonds. The molecule has 0 fully saturated rings.